The zero-order valence-electron chi connectivity index (χ0n) is 10.8. The van der Waals surface area contributed by atoms with Crippen molar-refractivity contribution in [3.8, 4) is 0 Å². The van der Waals surface area contributed by atoms with Crippen molar-refractivity contribution in [2.24, 2.45) is 0 Å². The fourth-order valence-electron chi connectivity index (χ4n) is 2.23. The maximum atomic E-state index is 5.83. The van der Waals surface area contributed by atoms with Gasteiger partial charge in [-0.15, -0.1) is 5.10 Å². The third-order valence-electron chi connectivity index (χ3n) is 3.07. The molecule has 1 aliphatic heterocycles. The zero-order chi connectivity index (χ0) is 12.4. The van der Waals surface area contributed by atoms with Crippen molar-refractivity contribution in [1.29, 1.82) is 0 Å². The number of nitrogens with two attached hydrogens (primary N) is 1. The lowest BCUT2D eigenvalue weighted by atomic mass is 10.1. The molecule has 2 heterocycles. The second-order valence-electron chi connectivity index (χ2n) is 4.95. The Hall–Kier alpha value is -1.14. The van der Waals surface area contributed by atoms with E-state index in [0.29, 0.717) is 11.7 Å². The molecule has 1 aromatic heterocycles. The van der Waals surface area contributed by atoms with E-state index in [9.17, 15) is 0 Å². The largest absolute Gasteiger partial charge is 0.381 e. The van der Waals surface area contributed by atoms with E-state index in [0.717, 1.165) is 31.9 Å². The van der Waals surface area contributed by atoms with Gasteiger partial charge in [0.2, 0.25) is 0 Å². The van der Waals surface area contributed by atoms with Crippen LogP contribution in [0, 0.1) is 0 Å². The normalized spacial score (nSPS) is 22.2. The molecule has 6 heteroatoms. The minimum atomic E-state index is 0.173. The molecule has 1 fully saturated rings. The molecule has 96 valence electrons. The van der Waals surface area contributed by atoms with Crippen LogP contribution < -0.4 is 5.73 Å². The van der Waals surface area contributed by atoms with Crippen LogP contribution in [-0.4, -0.2) is 52.7 Å². The molecule has 2 N–H and O–H groups in total. The molecule has 6 nitrogen and oxygen atoms in total. The van der Waals surface area contributed by atoms with Crippen LogP contribution >= 0.6 is 0 Å². The average Bonchev–Trinajstić information content (AvgIpc) is 2.59. The van der Waals surface area contributed by atoms with Gasteiger partial charge in [-0.2, -0.15) is 0 Å². The van der Waals surface area contributed by atoms with E-state index in [2.05, 4.69) is 36.1 Å². The van der Waals surface area contributed by atoms with E-state index >= 15 is 0 Å². The Morgan fingerprint density at radius 2 is 2.29 bits per heavy atom. The number of nitrogens with zero attached hydrogens (tertiary/aromatic N) is 4. The first-order valence-corrected chi connectivity index (χ1v) is 6.07. The summed E-state index contributed by atoms with van der Waals surface area (Å²) in [4.78, 5) is 2.27. The predicted molar refractivity (Wildman–Crippen MR) is 65.8 cm³/mol. The Morgan fingerprint density at radius 1 is 1.53 bits per heavy atom. The Balaban J connectivity index is 2.07. The summed E-state index contributed by atoms with van der Waals surface area (Å²) in [6.07, 6.45) is 0.173. The number of morpholine rings is 1. The number of likely N-dealkylation sites (N-methyl/N-ethyl adjacent to an activating group) is 1. The number of nitrogen functional groups attached to an aromatic ring is 1. The summed E-state index contributed by atoms with van der Waals surface area (Å²) in [5.41, 5.74) is 6.83. The van der Waals surface area contributed by atoms with E-state index in [1.54, 1.807) is 0 Å². The molecule has 1 aromatic rings. The lowest BCUT2D eigenvalue weighted by Crippen LogP contribution is -2.42. The molecule has 1 aliphatic rings. The van der Waals surface area contributed by atoms with E-state index in [4.69, 9.17) is 10.5 Å². The topological polar surface area (TPSA) is 69.2 Å². The van der Waals surface area contributed by atoms with Gasteiger partial charge in [-0.25, -0.2) is 4.68 Å². The van der Waals surface area contributed by atoms with Gasteiger partial charge in [0.1, 0.15) is 0 Å². The standard InChI is InChI=1S/C11H21N5O/c1-8(2)10-11(12)13-14-16(10)7-9-6-15(3)4-5-17-9/h8-9H,4-7,12H2,1-3H3. The molecular formula is C11H21N5O. The van der Waals surface area contributed by atoms with Gasteiger partial charge in [-0.3, -0.25) is 0 Å². The fourth-order valence-corrected chi connectivity index (χ4v) is 2.23. The van der Waals surface area contributed by atoms with Crippen molar-refractivity contribution in [3.05, 3.63) is 5.69 Å². The third-order valence-corrected chi connectivity index (χ3v) is 3.07. The number of rotatable bonds is 3. The maximum absolute atomic E-state index is 5.83. The molecule has 0 radical (unpaired) electrons. The van der Waals surface area contributed by atoms with Crippen molar-refractivity contribution in [1.82, 2.24) is 19.9 Å². The summed E-state index contributed by atoms with van der Waals surface area (Å²) in [5.74, 6) is 0.857. The smallest absolute Gasteiger partial charge is 0.169 e. The summed E-state index contributed by atoms with van der Waals surface area (Å²) in [6.45, 7) is 7.62. The van der Waals surface area contributed by atoms with Gasteiger partial charge in [0.25, 0.3) is 0 Å². The van der Waals surface area contributed by atoms with E-state index < -0.39 is 0 Å². The van der Waals surface area contributed by atoms with E-state index in [1.165, 1.54) is 0 Å². The minimum Gasteiger partial charge on any atom is -0.381 e. The quantitative estimate of drug-likeness (QED) is 0.822. The second-order valence-corrected chi connectivity index (χ2v) is 4.95. The van der Waals surface area contributed by atoms with Crippen molar-refractivity contribution in [2.45, 2.75) is 32.4 Å². The van der Waals surface area contributed by atoms with Gasteiger partial charge in [0.15, 0.2) is 5.82 Å². The summed E-state index contributed by atoms with van der Waals surface area (Å²) in [5, 5.41) is 8.04. The second kappa shape index (κ2) is 5.01. The van der Waals surface area contributed by atoms with Crippen LogP contribution in [0.5, 0.6) is 0 Å². The fraction of sp³-hybridized carbons (Fsp3) is 0.818. The lowest BCUT2D eigenvalue weighted by Gasteiger charge is -2.30. The molecule has 17 heavy (non-hydrogen) atoms. The lowest BCUT2D eigenvalue weighted by molar-refractivity contribution is -0.0296. The van der Waals surface area contributed by atoms with Crippen LogP contribution in [0.2, 0.25) is 0 Å². The van der Waals surface area contributed by atoms with Gasteiger partial charge in [-0.1, -0.05) is 19.1 Å². The highest BCUT2D eigenvalue weighted by Crippen LogP contribution is 2.20. The van der Waals surface area contributed by atoms with Crippen LogP contribution in [0.1, 0.15) is 25.5 Å². The molecule has 2 rings (SSSR count). The van der Waals surface area contributed by atoms with Crippen molar-refractivity contribution in [2.75, 3.05) is 32.5 Å². The summed E-state index contributed by atoms with van der Waals surface area (Å²) in [6, 6.07) is 0. The number of hydrogen-bond donors (Lipinski definition) is 1. The SMILES string of the molecule is CC(C)c1c(N)nnn1CC1CN(C)CCO1. The van der Waals surface area contributed by atoms with Crippen LogP contribution in [0.4, 0.5) is 5.82 Å². The van der Waals surface area contributed by atoms with Crippen molar-refractivity contribution in [3.63, 3.8) is 0 Å². The van der Waals surface area contributed by atoms with Crippen LogP contribution in [0.3, 0.4) is 0 Å². The zero-order valence-corrected chi connectivity index (χ0v) is 10.8. The van der Waals surface area contributed by atoms with Gasteiger partial charge < -0.3 is 15.4 Å². The molecule has 0 aliphatic carbocycles. The molecule has 0 spiro atoms. The predicted octanol–water partition coefficient (Wildman–Crippen LogP) is 0.314. The van der Waals surface area contributed by atoms with Crippen molar-refractivity contribution < 1.29 is 4.74 Å². The average molecular weight is 239 g/mol. The minimum absolute atomic E-state index is 0.173. The molecule has 0 bridgehead atoms. The van der Waals surface area contributed by atoms with Crippen LogP contribution in [0.25, 0.3) is 0 Å². The van der Waals surface area contributed by atoms with Crippen LogP contribution in [0.15, 0.2) is 0 Å². The monoisotopic (exact) mass is 239 g/mol. The first-order chi connectivity index (χ1) is 8.08. The molecule has 0 amide bonds. The Labute approximate surface area is 102 Å². The highest BCUT2D eigenvalue weighted by atomic mass is 16.5. The number of aromatic nitrogens is 3. The molecule has 1 saturated heterocycles. The molecule has 0 saturated carbocycles. The number of anilines is 1. The van der Waals surface area contributed by atoms with E-state index in [-0.39, 0.29) is 6.10 Å². The van der Waals surface area contributed by atoms with Gasteiger partial charge in [0, 0.05) is 13.1 Å². The Morgan fingerprint density at radius 3 is 2.94 bits per heavy atom. The maximum Gasteiger partial charge on any atom is 0.169 e. The Bertz CT molecular complexity index is 376. The first-order valence-electron chi connectivity index (χ1n) is 6.07. The third kappa shape index (κ3) is 2.76. The van der Waals surface area contributed by atoms with Crippen LogP contribution in [-0.2, 0) is 11.3 Å². The molecule has 1 atom stereocenters. The molecule has 0 aromatic carbocycles. The summed E-state index contributed by atoms with van der Waals surface area (Å²) < 4.78 is 7.60. The van der Waals surface area contributed by atoms with Crippen molar-refractivity contribution >= 4 is 5.82 Å². The van der Waals surface area contributed by atoms with E-state index in [1.807, 2.05) is 4.68 Å². The molecular weight excluding hydrogens is 218 g/mol. The number of hydrogen-bond acceptors (Lipinski definition) is 5. The van der Waals surface area contributed by atoms with Gasteiger partial charge >= 0.3 is 0 Å². The summed E-state index contributed by atoms with van der Waals surface area (Å²) in [7, 11) is 2.11. The number of ether oxygens (including phenoxy) is 1. The first kappa shape index (κ1) is 12.3. The summed E-state index contributed by atoms with van der Waals surface area (Å²) >= 11 is 0. The highest BCUT2D eigenvalue weighted by molar-refractivity contribution is 5.35. The highest BCUT2D eigenvalue weighted by Gasteiger charge is 2.21. The van der Waals surface area contributed by atoms with Gasteiger partial charge in [-0.05, 0) is 13.0 Å². The Kier molecular flexibility index (Phi) is 3.63. The molecule has 1 unspecified atom stereocenters. The van der Waals surface area contributed by atoms with Gasteiger partial charge in [0.05, 0.1) is 24.9 Å².